The summed E-state index contributed by atoms with van der Waals surface area (Å²) in [5.74, 6) is 2.80. The van der Waals surface area contributed by atoms with Crippen molar-refractivity contribution in [2.24, 2.45) is 0 Å². The van der Waals surface area contributed by atoms with Crippen LogP contribution in [0.4, 0.5) is 0 Å². The van der Waals surface area contributed by atoms with Gasteiger partial charge in [-0.25, -0.2) is 0 Å². The smallest absolute Gasteiger partial charge is 0.0840 e. The van der Waals surface area contributed by atoms with Crippen molar-refractivity contribution in [1.29, 1.82) is 0 Å². The highest BCUT2D eigenvalue weighted by atomic mass is 15.3. The van der Waals surface area contributed by atoms with Crippen molar-refractivity contribution >= 4 is 0 Å². The van der Waals surface area contributed by atoms with Crippen molar-refractivity contribution in [3.05, 3.63) is 0 Å². The van der Waals surface area contributed by atoms with Gasteiger partial charge in [0.05, 0.1) is 6.04 Å². The molecule has 0 unspecified atom stereocenters. The van der Waals surface area contributed by atoms with E-state index in [-0.39, 0.29) is 0 Å². The van der Waals surface area contributed by atoms with Crippen LogP contribution in [0.2, 0.25) is 0 Å². The first kappa shape index (κ1) is 8.58. The third-order valence-corrected chi connectivity index (χ3v) is 2.44. The summed E-state index contributed by atoms with van der Waals surface area (Å²) in [6.07, 6.45) is 5.40. The SMILES string of the molecule is C#C[C@H]1CN(C)C[C@@H](C)N1C. The minimum absolute atomic E-state index is 0.295. The molecule has 0 aromatic carbocycles. The second kappa shape index (κ2) is 3.25. The molecule has 1 rings (SSSR count). The average molecular weight is 152 g/mol. The number of piperazine rings is 1. The molecule has 0 spiro atoms. The summed E-state index contributed by atoms with van der Waals surface area (Å²) in [6.45, 7) is 4.33. The van der Waals surface area contributed by atoms with Crippen LogP contribution >= 0.6 is 0 Å². The van der Waals surface area contributed by atoms with Gasteiger partial charge in [-0.3, -0.25) is 4.90 Å². The van der Waals surface area contributed by atoms with Gasteiger partial charge in [0.2, 0.25) is 0 Å². The van der Waals surface area contributed by atoms with Crippen LogP contribution in [0, 0.1) is 12.3 Å². The van der Waals surface area contributed by atoms with Crippen LogP contribution in [0.5, 0.6) is 0 Å². The topological polar surface area (TPSA) is 6.48 Å². The lowest BCUT2D eigenvalue weighted by molar-refractivity contribution is 0.0942. The number of likely N-dealkylation sites (N-methyl/N-ethyl adjacent to an activating group) is 2. The number of hydrogen-bond donors (Lipinski definition) is 0. The predicted octanol–water partition coefficient (Wildman–Crippen LogP) is 0.254. The van der Waals surface area contributed by atoms with Crippen molar-refractivity contribution < 1.29 is 0 Å². The molecule has 0 N–H and O–H groups in total. The maximum absolute atomic E-state index is 5.40. The normalized spacial score (nSPS) is 35.1. The van der Waals surface area contributed by atoms with Crippen molar-refractivity contribution in [3.63, 3.8) is 0 Å². The summed E-state index contributed by atoms with van der Waals surface area (Å²) < 4.78 is 0. The predicted molar refractivity (Wildman–Crippen MR) is 47.3 cm³/mol. The monoisotopic (exact) mass is 152 g/mol. The minimum Gasteiger partial charge on any atom is -0.302 e. The summed E-state index contributed by atoms with van der Waals surface area (Å²) in [4.78, 5) is 4.55. The van der Waals surface area contributed by atoms with Crippen LogP contribution in [0.1, 0.15) is 6.92 Å². The molecule has 1 saturated heterocycles. The highest BCUT2D eigenvalue weighted by Gasteiger charge is 2.25. The molecule has 62 valence electrons. The van der Waals surface area contributed by atoms with Crippen LogP contribution in [0.15, 0.2) is 0 Å². The Morgan fingerprint density at radius 1 is 1.36 bits per heavy atom. The van der Waals surface area contributed by atoms with E-state index in [1.165, 1.54) is 0 Å². The fourth-order valence-corrected chi connectivity index (χ4v) is 1.56. The van der Waals surface area contributed by atoms with E-state index in [0.29, 0.717) is 12.1 Å². The second-order valence-corrected chi connectivity index (χ2v) is 3.42. The van der Waals surface area contributed by atoms with Gasteiger partial charge in [0.25, 0.3) is 0 Å². The molecule has 2 atom stereocenters. The standard InChI is InChI=1S/C9H16N2/c1-5-9-7-10(3)6-8(2)11(9)4/h1,8-9H,6-7H2,2-4H3/t8-,9+/m1/s1. The summed E-state index contributed by atoms with van der Waals surface area (Å²) in [5, 5.41) is 0. The minimum atomic E-state index is 0.295. The molecule has 11 heavy (non-hydrogen) atoms. The first-order chi connectivity index (χ1) is 5.15. The molecule has 0 saturated carbocycles. The number of hydrogen-bond acceptors (Lipinski definition) is 2. The Balaban J connectivity index is 2.60. The van der Waals surface area contributed by atoms with E-state index in [1.807, 2.05) is 0 Å². The van der Waals surface area contributed by atoms with Crippen molar-refractivity contribution in [3.8, 4) is 12.3 Å². The van der Waals surface area contributed by atoms with Gasteiger partial charge in [0.1, 0.15) is 0 Å². The van der Waals surface area contributed by atoms with Crippen molar-refractivity contribution in [1.82, 2.24) is 9.80 Å². The van der Waals surface area contributed by atoms with E-state index in [2.05, 4.69) is 36.7 Å². The molecule has 2 heteroatoms. The Morgan fingerprint density at radius 2 is 2.00 bits per heavy atom. The largest absolute Gasteiger partial charge is 0.302 e. The zero-order valence-corrected chi connectivity index (χ0v) is 7.54. The van der Waals surface area contributed by atoms with Gasteiger partial charge in [-0.2, -0.15) is 0 Å². The second-order valence-electron chi connectivity index (χ2n) is 3.42. The summed E-state index contributed by atoms with van der Waals surface area (Å²) in [7, 11) is 4.22. The van der Waals surface area contributed by atoms with E-state index in [1.54, 1.807) is 0 Å². The van der Waals surface area contributed by atoms with Crippen LogP contribution in [-0.4, -0.2) is 49.1 Å². The molecule has 1 heterocycles. The third-order valence-electron chi connectivity index (χ3n) is 2.44. The van der Waals surface area contributed by atoms with Crippen molar-refractivity contribution in [2.45, 2.75) is 19.0 Å². The number of nitrogens with zero attached hydrogens (tertiary/aromatic N) is 2. The Bertz CT molecular complexity index is 171. The Morgan fingerprint density at radius 3 is 2.55 bits per heavy atom. The van der Waals surface area contributed by atoms with Gasteiger partial charge < -0.3 is 4.90 Å². The molecule has 0 bridgehead atoms. The van der Waals surface area contributed by atoms with Gasteiger partial charge in [0.15, 0.2) is 0 Å². The number of terminal acetylenes is 1. The molecule has 1 aliphatic rings. The van der Waals surface area contributed by atoms with E-state index in [0.717, 1.165) is 13.1 Å². The quantitative estimate of drug-likeness (QED) is 0.459. The van der Waals surface area contributed by atoms with Crippen LogP contribution in [0.25, 0.3) is 0 Å². The van der Waals surface area contributed by atoms with Crippen LogP contribution in [0.3, 0.4) is 0 Å². The molecule has 0 aromatic heterocycles. The summed E-state index contributed by atoms with van der Waals surface area (Å²) >= 11 is 0. The molecule has 1 fully saturated rings. The first-order valence-electron chi connectivity index (χ1n) is 4.01. The maximum Gasteiger partial charge on any atom is 0.0840 e. The Hall–Kier alpha value is -0.520. The highest BCUT2D eigenvalue weighted by Crippen LogP contribution is 2.10. The third kappa shape index (κ3) is 1.74. The lowest BCUT2D eigenvalue weighted by atomic mass is 10.1. The van der Waals surface area contributed by atoms with Gasteiger partial charge >= 0.3 is 0 Å². The van der Waals surface area contributed by atoms with E-state index < -0.39 is 0 Å². The Kier molecular flexibility index (Phi) is 2.53. The Labute approximate surface area is 69.2 Å². The summed E-state index contributed by atoms with van der Waals surface area (Å²) in [5.41, 5.74) is 0. The zero-order valence-electron chi connectivity index (χ0n) is 7.54. The molecule has 0 aliphatic carbocycles. The molecular formula is C9H16N2. The van der Waals surface area contributed by atoms with E-state index in [9.17, 15) is 0 Å². The first-order valence-corrected chi connectivity index (χ1v) is 4.01. The van der Waals surface area contributed by atoms with Gasteiger partial charge in [-0.05, 0) is 21.0 Å². The maximum atomic E-state index is 5.40. The van der Waals surface area contributed by atoms with Gasteiger partial charge in [0, 0.05) is 19.1 Å². The van der Waals surface area contributed by atoms with Gasteiger partial charge in [-0.1, -0.05) is 5.92 Å². The van der Waals surface area contributed by atoms with Crippen molar-refractivity contribution in [2.75, 3.05) is 27.2 Å². The van der Waals surface area contributed by atoms with Gasteiger partial charge in [-0.15, -0.1) is 6.42 Å². The van der Waals surface area contributed by atoms with E-state index in [4.69, 9.17) is 6.42 Å². The number of rotatable bonds is 0. The lowest BCUT2D eigenvalue weighted by Crippen LogP contribution is -2.54. The molecule has 0 radical (unpaired) electrons. The molecule has 1 aliphatic heterocycles. The fraction of sp³-hybridized carbons (Fsp3) is 0.778. The van der Waals surface area contributed by atoms with E-state index >= 15 is 0 Å². The molecular weight excluding hydrogens is 136 g/mol. The molecule has 2 nitrogen and oxygen atoms in total. The van der Waals surface area contributed by atoms with Crippen LogP contribution < -0.4 is 0 Å². The van der Waals surface area contributed by atoms with Crippen LogP contribution in [-0.2, 0) is 0 Å². The highest BCUT2D eigenvalue weighted by molar-refractivity contribution is 5.04. The lowest BCUT2D eigenvalue weighted by Gasteiger charge is -2.39. The average Bonchev–Trinajstić information content (AvgIpc) is 1.96. The fourth-order valence-electron chi connectivity index (χ4n) is 1.56. The summed E-state index contributed by atoms with van der Waals surface area (Å²) in [6, 6.07) is 0.874. The zero-order chi connectivity index (χ0) is 8.43. The molecule has 0 aromatic rings. The molecule has 0 amide bonds.